The van der Waals surface area contributed by atoms with Gasteiger partial charge in [0.25, 0.3) is 0 Å². The van der Waals surface area contributed by atoms with E-state index in [2.05, 4.69) is 10.1 Å². The van der Waals surface area contributed by atoms with E-state index in [1.165, 1.54) is 7.11 Å². The van der Waals surface area contributed by atoms with Crippen molar-refractivity contribution in [1.82, 2.24) is 5.32 Å². The Kier molecular flexibility index (Phi) is 6.44. The van der Waals surface area contributed by atoms with Gasteiger partial charge in [0, 0.05) is 13.7 Å². The number of carbonyl (C=O) groups is 1. The highest BCUT2D eigenvalue weighted by atomic mass is 16.5. The van der Waals surface area contributed by atoms with Gasteiger partial charge in [-0.2, -0.15) is 0 Å². The normalized spacial score (nSPS) is 11.4. The number of aliphatic hydroxyl groups excluding tert-OH is 1. The molecule has 0 rings (SSSR count). The minimum atomic E-state index is -0.550. The summed E-state index contributed by atoms with van der Waals surface area (Å²) < 4.78 is 9.93. The molecule has 0 saturated heterocycles. The van der Waals surface area contributed by atoms with Gasteiger partial charge in [-0.25, -0.2) is 0 Å². The fraction of sp³-hybridized carbons (Fsp3) is 0.889. The second-order valence-electron chi connectivity index (χ2n) is 3.55. The first kappa shape index (κ1) is 13.4. The first-order valence-corrected chi connectivity index (χ1v) is 4.52. The van der Waals surface area contributed by atoms with E-state index >= 15 is 0 Å². The molecule has 14 heavy (non-hydrogen) atoms. The van der Waals surface area contributed by atoms with Crippen molar-refractivity contribution in [2.75, 3.05) is 33.5 Å². The topological polar surface area (TPSA) is 67.8 Å². The van der Waals surface area contributed by atoms with Crippen LogP contribution < -0.4 is 5.32 Å². The molecule has 1 amide bonds. The number of carbonyl (C=O) groups excluding carboxylic acids is 1. The lowest BCUT2D eigenvalue weighted by molar-refractivity contribution is -0.125. The van der Waals surface area contributed by atoms with Crippen LogP contribution in [0.5, 0.6) is 0 Å². The zero-order chi connectivity index (χ0) is 11.0. The van der Waals surface area contributed by atoms with Crippen LogP contribution in [0.25, 0.3) is 0 Å². The van der Waals surface area contributed by atoms with Crippen molar-refractivity contribution < 1.29 is 19.4 Å². The molecule has 84 valence electrons. The molecule has 0 saturated carbocycles. The predicted molar refractivity (Wildman–Crippen MR) is 52.0 cm³/mol. The third-order valence-corrected chi connectivity index (χ3v) is 1.57. The molecular weight excluding hydrogens is 186 g/mol. The summed E-state index contributed by atoms with van der Waals surface area (Å²) in [6.45, 7) is 4.38. The lowest BCUT2D eigenvalue weighted by Gasteiger charge is -2.22. The van der Waals surface area contributed by atoms with E-state index in [4.69, 9.17) is 9.84 Å². The summed E-state index contributed by atoms with van der Waals surface area (Å²) in [5.74, 6) is -0.169. The van der Waals surface area contributed by atoms with E-state index < -0.39 is 5.60 Å². The van der Waals surface area contributed by atoms with Crippen molar-refractivity contribution in [3.63, 3.8) is 0 Å². The van der Waals surface area contributed by atoms with Crippen LogP contribution in [-0.4, -0.2) is 50.1 Å². The number of aliphatic hydroxyl groups is 1. The molecule has 5 nitrogen and oxygen atoms in total. The van der Waals surface area contributed by atoms with Crippen LogP contribution in [0, 0.1) is 0 Å². The molecule has 0 aliphatic carbocycles. The quantitative estimate of drug-likeness (QED) is 0.552. The standard InChI is InChI=1S/C9H19NO4/c1-9(2,7-11)14-5-4-10-8(12)6-13-3/h11H,4-7H2,1-3H3,(H,10,12). The van der Waals surface area contributed by atoms with E-state index in [0.29, 0.717) is 13.2 Å². The van der Waals surface area contributed by atoms with E-state index in [1.807, 2.05) is 0 Å². The van der Waals surface area contributed by atoms with Gasteiger partial charge >= 0.3 is 0 Å². The van der Waals surface area contributed by atoms with Gasteiger partial charge in [-0.1, -0.05) is 0 Å². The average Bonchev–Trinajstić information content (AvgIpc) is 2.13. The van der Waals surface area contributed by atoms with Crippen LogP contribution in [0.4, 0.5) is 0 Å². The molecule has 0 aliphatic rings. The lowest BCUT2D eigenvalue weighted by Crippen LogP contribution is -2.35. The monoisotopic (exact) mass is 205 g/mol. The molecule has 5 heteroatoms. The number of ether oxygens (including phenoxy) is 2. The summed E-state index contributed by atoms with van der Waals surface area (Å²) in [6, 6.07) is 0. The minimum absolute atomic E-state index is 0.0426. The molecule has 0 heterocycles. The highest BCUT2D eigenvalue weighted by Gasteiger charge is 2.15. The molecule has 0 aromatic rings. The summed E-state index contributed by atoms with van der Waals surface area (Å²) in [7, 11) is 1.46. The molecule has 0 fully saturated rings. The average molecular weight is 205 g/mol. The largest absolute Gasteiger partial charge is 0.393 e. The Morgan fingerprint density at radius 1 is 1.50 bits per heavy atom. The van der Waals surface area contributed by atoms with E-state index in [9.17, 15) is 4.79 Å². The minimum Gasteiger partial charge on any atom is -0.393 e. The summed E-state index contributed by atoms with van der Waals surface area (Å²) in [6.07, 6.45) is 0. The van der Waals surface area contributed by atoms with Crippen LogP contribution in [0.15, 0.2) is 0 Å². The van der Waals surface area contributed by atoms with Gasteiger partial charge in [0.1, 0.15) is 6.61 Å². The van der Waals surface area contributed by atoms with Crippen molar-refractivity contribution >= 4 is 5.91 Å². The van der Waals surface area contributed by atoms with Crippen LogP contribution in [0.2, 0.25) is 0 Å². The molecule has 2 N–H and O–H groups in total. The van der Waals surface area contributed by atoms with Crippen LogP contribution in [-0.2, 0) is 14.3 Å². The highest BCUT2D eigenvalue weighted by Crippen LogP contribution is 2.05. The van der Waals surface area contributed by atoms with Gasteiger partial charge < -0.3 is 19.9 Å². The van der Waals surface area contributed by atoms with E-state index in [-0.39, 0.29) is 19.1 Å². The molecule has 0 radical (unpaired) electrons. The third kappa shape index (κ3) is 6.82. The van der Waals surface area contributed by atoms with Crippen molar-refractivity contribution in [1.29, 1.82) is 0 Å². The van der Waals surface area contributed by atoms with Gasteiger partial charge in [0.15, 0.2) is 0 Å². The number of nitrogens with one attached hydrogen (secondary N) is 1. The number of hydrogen-bond donors (Lipinski definition) is 2. The van der Waals surface area contributed by atoms with Crippen molar-refractivity contribution in [2.24, 2.45) is 0 Å². The maximum atomic E-state index is 10.9. The van der Waals surface area contributed by atoms with Crippen LogP contribution >= 0.6 is 0 Å². The third-order valence-electron chi connectivity index (χ3n) is 1.57. The highest BCUT2D eigenvalue weighted by molar-refractivity contribution is 5.77. The second-order valence-corrected chi connectivity index (χ2v) is 3.55. The van der Waals surface area contributed by atoms with Crippen molar-refractivity contribution in [3.05, 3.63) is 0 Å². The summed E-state index contributed by atoms with van der Waals surface area (Å²) in [5, 5.41) is 11.5. The molecule has 0 unspecified atom stereocenters. The van der Waals surface area contributed by atoms with Crippen molar-refractivity contribution in [3.8, 4) is 0 Å². The molecule has 0 spiro atoms. The number of rotatable bonds is 7. The Morgan fingerprint density at radius 2 is 2.14 bits per heavy atom. The summed E-state index contributed by atoms with van der Waals surface area (Å²) >= 11 is 0. The maximum absolute atomic E-state index is 10.9. The Hall–Kier alpha value is -0.650. The summed E-state index contributed by atoms with van der Waals surface area (Å²) in [4.78, 5) is 10.9. The van der Waals surface area contributed by atoms with Gasteiger partial charge in [0.05, 0.1) is 18.8 Å². The second kappa shape index (κ2) is 6.75. The smallest absolute Gasteiger partial charge is 0.246 e. The van der Waals surface area contributed by atoms with Gasteiger partial charge in [-0.3, -0.25) is 4.79 Å². The Morgan fingerprint density at radius 3 is 2.64 bits per heavy atom. The number of methoxy groups -OCH3 is 1. The zero-order valence-electron chi connectivity index (χ0n) is 9.00. The van der Waals surface area contributed by atoms with Gasteiger partial charge in [-0.15, -0.1) is 0 Å². The first-order valence-electron chi connectivity index (χ1n) is 4.52. The summed E-state index contributed by atoms with van der Waals surface area (Å²) in [5.41, 5.74) is -0.550. The fourth-order valence-corrected chi connectivity index (χ4v) is 0.746. The molecule has 0 aliphatic heterocycles. The lowest BCUT2D eigenvalue weighted by atomic mass is 10.1. The van der Waals surface area contributed by atoms with Crippen LogP contribution in [0.1, 0.15) is 13.8 Å². The molecule has 0 bridgehead atoms. The Balaban J connectivity index is 3.42. The van der Waals surface area contributed by atoms with E-state index in [0.717, 1.165) is 0 Å². The zero-order valence-corrected chi connectivity index (χ0v) is 9.00. The number of amides is 1. The van der Waals surface area contributed by atoms with Gasteiger partial charge in [0.2, 0.25) is 5.91 Å². The Bertz CT molecular complexity index is 170. The molecular formula is C9H19NO4. The Labute approximate surface area is 84.4 Å². The van der Waals surface area contributed by atoms with Gasteiger partial charge in [-0.05, 0) is 13.8 Å². The SMILES string of the molecule is COCC(=O)NCCOC(C)(C)CO. The van der Waals surface area contributed by atoms with Crippen LogP contribution in [0.3, 0.4) is 0 Å². The molecule has 0 atom stereocenters. The molecule has 0 aromatic heterocycles. The predicted octanol–water partition coefficient (Wildman–Crippen LogP) is -0.463. The first-order chi connectivity index (χ1) is 6.52. The number of hydrogen-bond acceptors (Lipinski definition) is 4. The van der Waals surface area contributed by atoms with E-state index in [1.54, 1.807) is 13.8 Å². The molecule has 0 aromatic carbocycles. The maximum Gasteiger partial charge on any atom is 0.246 e. The van der Waals surface area contributed by atoms with Crippen molar-refractivity contribution in [2.45, 2.75) is 19.4 Å². The fourth-order valence-electron chi connectivity index (χ4n) is 0.746.